The third kappa shape index (κ3) is 8.36. The van der Waals surface area contributed by atoms with Gasteiger partial charge in [-0.1, -0.05) is 70.2 Å². The molecule has 1 N–H and O–H groups in total. The van der Waals surface area contributed by atoms with Crippen molar-refractivity contribution < 1.29 is 18.0 Å². The van der Waals surface area contributed by atoms with E-state index in [1.54, 1.807) is 12.1 Å². The highest BCUT2D eigenvalue weighted by atomic mass is 32.2. The molecule has 0 saturated heterocycles. The minimum absolute atomic E-state index is 0.0235. The number of sulfonamides is 1. The third-order valence-corrected chi connectivity index (χ3v) is 7.54. The zero-order chi connectivity index (χ0) is 26.9. The molecule has 2 aromatic carbocycles. The van der Waals surface area contributed by atoms with Crippen molar-refractivity contribution in [2.45, 2.75) is 71.9 Å². The van der Waals surface area contributed by atoms with Crippen LogP contribution in [0.3, 0.4) is 0 Å². The highest BCUT2D eigenvalue weighted by molar-refractivity contribution is 7.92. The molecule has 0 aliphatic rings. The number of amides is 2. The average Bonchev–Trinajstić information content (AvgIpc) is 2.84. The first-order valence-corrected chi connectivity index (χ1v) is 14.5. The van der Waals surface area contributed by atoms with Gasteiger partial charge in [0.1, 0.15) is 12.6 Å². The maximum absolute atomic E-state index is 13.7. The number of benzene rings is 2. The summed E-state index contributed by atoms with van der Waals surface area (Å²) in [4.78, 5) is 28.3. The van der Waals surface area contributed by atoms with Crippen molar-refractivity contribution in [1.29, 1.82) is 0 Å². The zero-order valence-corrected chi connectivity index (χ0v) is 23.2. The van der Waals surface area contributed by atoms with Crippen molar-refractivity contribution in [3.8, 4) is 0 Å². The van der Waals surface area contributed by atoms with Gasteiger partial charge in [0.2, 0.25) is 21.8 Å². The van der Waals surface area contributed by atoms with E-state index in [4.69, 9.17) is 0 Å². The number of carbonyl (C=O) groups excluding carboxylic acids is 2. The van der Waals surface area contributed by atoms with Crippen LogP contribution in [0.15, 0.2) is 54.6 Å². The number of carbonyl (C=O) groups is 2. The molecule has 2 rings (SSSR count). The van der Waals surface area contributed by atoms with Gasteiger partial charge in [0.25, 0.3) is 0 Å². The van der Waals surface area contributed by atoms with Gasteiger partial charge >= 0.3 is 0 Å². The SMILES string of the molecule is CCC(C)NC(=O)C(CC)N(CCc1ccccc1)C(=O)CN(c1ccc(C(C)C)cc1)S(C)(=O)=O. The fourth-order valence-electron chi connectivity index (χ4n) is 3.98. The molecule has 0 radical (unpaired) electrons. The molecule has 2 atom stereocenters. The number of nitrogens with one attached hydrogen (secondary N) is 1. The summed E-state index contributed by atoms with van der Waals surface area (Å²) in [6.07, 6.45) is 2.85. The van der Waals surface area contributed by atoms with E-state index in [9.17, 15) is 18.0 Å². The Bertz CT molecular complexity index is 1090. The fraction of sp³-hybridized carbons (Fsp3) is 0.500. The zero-order valence-electron chi connectivity index (χ0n) is 22.4. The predicted molar refractivity (Wildman–Crippen MR) is 147 cm³/mol. The molecule has 7 nitrogen and oxygen atoms in total. The van der Waals surface area contributed by atoms with Crippen molar-refractivity contribution >= 4 is 27.5 Å². The first-order chi connectivity index (χ1) is 17.0. The van der Waals surface area contributed by atoms with Gasteiger partial charge in [-0.25, -0.2) is 8.42 Å². The Labute approximate surface area is 216 Å². The Morgan fingerprint density at radius 1 is 0.917 bits per heavy atom. The second-order valence-corrected chi connectivity index (χ2v) is 11.5. The standard InChI is InChI=1S/C28H41N3O4S/c1-7-22(5)29-28(33)26(8-2)30(19-18-23-12-10-9-11-13-23)27(32)20-31(36(6,34)35)25-16-14-24(15-17-25)21(3)4/h9-17,21-22,26H,7-8,18-20H2,1-6H3,(H,29,33). The van der Waals surface area contributed by atoms with Gasteiger partial charge in [-0.2, -0.15) is 0 Å². The van der Waals surface area contributed by atoms with Crippen LogP contribution in [-0.4, -0.2) is 56.6 Å². The second kappa shape index (κ2) is 13.4. The number of hydrogen-bond acceptors (Lipinski definition) is 4. The maximum atomic E-state index is 13.7. The molecule has 2 unspecified atom stereocenters. The molecule has 0 fully saturated rings. The smallest absolute Gasteiger partial charge is 0.244 e. The Morgan fingerprint density at radius 2 is 1.53 bits per heavy atom. The maximum Gasteiger partial charge on any atom is 0.244 e. The topological polar surface area (TPSA) is 86.8 Å². The summed E-state index contributed by atoms with van der Waals surface area (Å²) in [5, 5.41) is 2.98. The van der Waals surface area contributed by atoms with Crippen LogP contribution >= 0.6 is 0 Å². The van der Waals surface area contributed by atoms with Crippen LogP contribution in [0.2, 0.25) is 0 Å². The molecule has 0 heterocycles. The van der Waals surface area contributed by atoms with Crippen LogP contribution in [0.5, 0.6) is 0 Å². The average molecular weight is 516 g/mol. The van der Waals surface area contributed by atoms with Crippen LogP contribution in [-0.2, 0) is 26.0 Å². The van der Waals surface area contributed by atoms with Gasteiger partial charge in [-0.15, -0.1) is 0 Å². The molecule has 2 aromatic rings. The molecule has 198 valence electrons. The van der Waals surface area contributed by atoms with Crippen LogP contribution < -0.4 is 9.62 Å². The summed E-state index contributed by atoms with van der Waals surface area (Å²) in [6.45, 7) is 9.83. The van der Waals surface area contributed by atoms with E-state index < -0.39 is 22.0 Å². The Balaban J connectivity index is 2.36. The number of rotatable bonds is 13. The number of anilines is 1. The van der Waals surface area contributed by atoms with Gasteiger partial charge in [0.15, 0.2) is 0 Å². The van der Waals surface area contributed by atoms with Gasteiger partial charge in [-0.05, 0) is 55.4 Å². The molecule has 0 aliphatic carbocycles. The normalized spacial score (nSPS) is 13.2. The molecule has 8 heteroatoms. The van der Waals surface area contributed by atoms with E-state index in [1.165, 1.54) is 4.90 Å². The van der Waals surface area contributed by atoms with Gasteiger partial charge in [0.05, 0.1) is 11.9 Å². The van der Waals surface area contributed by atoms with Crippen molar-refractivity contribution in [2.24, 2.45) is 0 Å². The van der Waals surface area contributed by atoms with E-state index >= 15 is 0 Å². The largest absolute Gasteiger partial charge is 0.352 e. The molecular weight excluding hydrogens is 474 g/mol. The molecule has 0 saturated carbocycles. The lowest BCUT2D eigenvalue weighted by atomic mass is 10.0. The van der Waals surface area contributed by atoms with E-state index in [0.717, 1.165) is 28.1 Å². The summed E-state index contributed by atoms with van der Waals surface area (Å²) >= 11 is 0. The summed E-state index contributed by atoms with van der Waals surface area (Å²) in [5.74, 6) is -0.328. The molecule has 36 heavy (non-hydrogen) atoms. The Morgan fingerprint density at radius 3 is 2.03 bits per heavy atom. The van der Waals surface area contributed by atoms with Crippen LogP contribution in [0.1, 0.15) is 64.5 Å². The second-order valence-electron chi connectivity index (χ2n) is 9.58. The Hall–Kier alpha value is -2.87. The molecule has 0 aliphatic heterocycles. The molecule has 0 bridgehead atoms. The molecule has 0 aromatic heterocycles. The van der Waals surface area contributed by atoms with Gasteiger partial charge in [0, 0.05) is 12.6 Å². The molecule has 2 amide bonds. The quantitative estimate of drug-likeness (QED) is 0.430. The number of hydrogen-bond donors (Lipinski definition) is 1. The predicted octanol–water partition coefficient (Wildman–Crippen LogP) is 4.34. The van der Waals surface area contributed by atoms with E-state index in [1.807, 2.05) is 63.2 Å². The summed E-state index contributed by atoms with van der Waals surface area (Å²) in [7, 11) is -3.74. The van der Waals surface area contributed by atoms with Gasteiger partial charge in [-0.3, -0.25) is 13.9 Å². The summed E-state index contributed by atoms with van der Waals surface area (Å²) in [5.41, 5.74) is 2.54. The highest BCUT2D eigenvalue weighted by Gasteiger charge is 2.31. The summed E-state index contributed by atoms with van der Waals surface area (Å²) < 4.78 is 26.6. The fourth-order valence-corrected chi connectivity index (χ4v) is 4.83. The van der Waals surface area contributed by atoms with Crippen LogP contribution in [0, 0.1) is 0 Å². The minimum Gasteiger partial charge on any atom is -0.352 e. The summed E-state index contributed by atoms with van der Waals surface area (Å²) in [6, 6.07) is 16.2. The minimum atomic E-state index is -3.74. The van der Waals surface area contributed by atoms with Crippen molar-refractivity contribution in [1.82, 2.24) is 10.2 Å². The first-order valence-electron chi connectivity index (χ1n) is 12.7. The van der Waals surface area contributed by atoms with E-state index in [0.29, 0.717) is 31.0 Å². The van der Waals surface area contributed by atoms with Crippen molar-refractivity contribution in [3.05, 3.63) is 65.7 Å². The highest BCUT2D eigenvalue weighted by Crippen LogP contribution is 2.22. The third-order valence-electron chi connectivity index (χ3n) is 6.40. The lowest BCUT2D eigenvalue weighted by molar-refractivity contribution is -0.139. The van der Waals surface area contributed by atoms with E-state index in [2.05, 4.69) is 19.2 Å². The monoisotopic (exact) mass is 515 g/mol. The van der Waals surface area contributed by atoms with Crippen molar-refractivity contribution in [2.75, 3.05) is 23.7 Å². The lowest BCUT2D eigenvalue weighted by Gasteiger charge is -2.33. The van der Waals surface area contributed by atoms with Crippen LogP contribution in [0.4, 0.5) is 5.69 Å². The van der Waals surface area contributed by atoms with Gasteiger partial charge < -0.3 is 10.2 Å². The van der Waals surface area contributed by atoms with E-state index in [-0.39, 0.29) is 18.5 Å². The molecule has 0 spiro atoms. The van der Waals surface area contributed by atoms with Crippen LogP contribution in [0.25, 0.3) is 0 Å². The lowest BCUT2D eigenvalue weighted by Crippen LogP contribution is -2.54. The number of nitrogens with zero attached hydrogens (tertiary/aromatic N) is 2. The first kappa shape index (κ1) is 29.4. The van der Waals surface area contributed by atoms with Crippen molar-refractivity contribution in [3.63, 3.8) is 0 Å². The molecular formula is C28H41N3O4S. The Kier molecular flexibility index (Phi) is 11.0.